The van der Waals surface area contributed by atoms with Gasteiger partial charge >= 0.3 is 0 Å². The lowest BCUT2D eigenvalue weighted by Gasteiger charge is -2.06. The smallest absolute Gasteiger partial charge is 0.262 e. The van der Waals surface area contributed by atoms with Crippen molar-refractivity contribution in [2.45, 2.75) is 20.4 Å². The Morgan fingerprint density at radius 3 is 2.86 bits per heavy atom. The monoisotopic (exact) mass is 314 g/mol. The van der Waals surface area contributed by atoms with Gasteiger partial charge in [0.1, 0.15) is 17.2 Å². The molecule has 3 aromatic heterocycles. The van der Waals surface area contributed by atoms with Gasteiger partial charge in [-0.15, -0.1) is 11.3 Å². The number of nitrogens with one attached hydrogen (secondary N) is 1. The SMILES string of the molecule is Cc1sc2ncn(CC(=O)Nc3ccccn3)c(=O)c2c1C. The molecule has 112 valence electrons. The maximum Gasteiger partial charge on any atom is 0.262 e. The van der Waals surface area contributed by atoms with Crippen molar-refractivity contribution in [3.05, 3.63) is 51.5 Å². The molecule has 22 heavy (non-hydrogen) atoms. The van der Waals surface area contributed by atoms with Crippen molar-refractivity contribution in [3.63, 3.8) is 0 Å². The molecule has 1 N–H and O–H groups in total. The first-order chi connectivity index (χ1) is 10.6. The number of rotatable bonds is 3. The standard InChI is InChI=1S/C15H14N4O2S/c1-9-10(2)22-14-13(9)15(21)19(8-17-14)7-12(20)18-11-5-3-4-6-16-11/h3-6,8H,7H2,1-2H3,(H,16,18,20). The van der Waals surface area contributed by atoms with E-state index < -0.39 is 0 Å². The summed E-state index contributed by atoms with van der Waals surface area (Å²) in [5, 5.41) is 3.24. The Hall–Kier alpha value is -2.54. The molecule has 0 saturated heterocycles. The van der Waals surface area contributed by atoms with Crippen molar-refractivity contribution in [3.8, 4) is 0 Å². The molecule has 0 aromatic carbocycles. The number of amides is 1. The van der Waals surface area contributed by atoms with Gasteiger partial charge in [-0.05, 0) is 31.5 Å². The first-order valence-corrected chi connectivity index (χ1v) is 7.54. The largest absolute Gasteiger partial charge is 0.309 e. The molecule has 7 heteroatoms. The number of hydrogen-bond donors (Lipinski definition) is 1. The third-order valence-corrected chi connectivity index (χ3v) is 4.52. The molecule has 0 saturated carbocycles. The molecule has 0 fully saturated rings. The minimum Gasteiger partial charge on any atom is -0.309 e. The fraction of sp³-hybridized carbons (Fsp3) is 0.200. The molecule has 3 heterocycles. The highest BCUT2D eigenvalue weighted by molar-refractivity contribution is 7.18. The van der Waals surface area contributed by atoms with Crippen molar-refractivity contribution in [2.75, 3.05) is 5.32 Å². The van der Waals surface area contributed by atoms with Gasteiger partial charge in [0.25, 0.3) is 5.56 Å². The second kappa shape index (κ2) is 5.69. The van der Waals surface area contributed by atoms with Crippen LogP contribution in [0.15, 0.2) is 35.5 Å². The fourth-order valence-corrected chi connectivity index (χ4v) is 3.14. The van der Waals surface area contributed by atoms with E-state index in [1.165, 1.54) is 22.2 Å². The van der Waals surface area contributed by atoms with E-state index in [4.69, 9.17) is 0 Å². The summed E-state index contributed by atoms with van der Waals surface area (Å²) in [5.41, 5.74) is 0.736. The lowest BCUT2D eigenvalue weighted by atomic mass is 10.2. The molecule has 0 aliphatic carbocycles. The van der Waals surface area contributed by atoms with Crippen molar-refractivity contribution in [1.82, 2.24) is 14.5 Å². The lowest BCUT2D eigenvalue weighted by molar-refractivity contribution is -0.116. The number of hydrogen-bond acceptors (Lipinski definition) is 5. The van der Waals surface area contributed by atoms with Crippen LogP contribution in [0.5, 0.6) is 0 Å². The Kier molecular flexibility index (Phi) is 3.72. The van der Waals surface area contributed by atoms with Crippen LogP contribution in [0.1, 0.15) is 10.4 Å². The van der Waals surface area contributed by atoms with E-state index >= 15 is 0 Å². The molecule has 6 nitrogen and oxygen atoms in total. The van der Waals surface area contributed by atoms with Gasteiger partial charge < -0.3 is 5.32 Å². The molecule has 0 unspecified atom stereocenters. The zero-order valence-electron chi connectivity index (χ0n) is 12.2. The molecular weight excluding hydrogens is 300 g/mol. The van der Waals surface area contributed by atoms with E-state index in [2.05, 4.69) is 15.3 Å². The van der Waals surface area contributed by atoms with Gasteiger partial charge in [-0.3, -0.25) is 14.2 Å². The third kappa shape index (κ3) is 2.62. The zero-order valence-corrected chi connectivity index (χ0v) is 13.0. The van der Waals surface area contributed by atoms with Gasteiger partial charge in [0.05, 0.1) is 11.7 Å². The molecule has 0 aliphatic rings. The predicted molar refractivity (Wildman–Crippen MR) is 86.2 cm³/mol. The highest BCUT2D eigenvalue weighted by atomic mass is 32.1. The molecule has 0 spiro atoms. The van der Waals surface area contributed by atoms with Gasteiger partial charge in [-0.25, -0.2) is 9.97 Å². The number of fused-ring (bicyclic) bond motifs is 1. The number of nitrogens with zero attached hydrogens (tertiary/aromatic N) is 3. The Morgan fingerprint density at radius 1 is 1.32 bits per heavy atom. The number of carbonyl (C=O) groups is 1. The molecule has 0 aliphatic heterocycles. The molecule has 0 atom stereocenters. The average Bonchev–Trinajstić information content (AvgIpc) is 2.79. The Morgan fingerprint density at radius 2 is 2.14 bits per heavy atom. The molecule has 0 radical (unpaired) electrons. The molecular formula is C15H14N4O2S. The molecule has 3 rings (SSSR count). The molecule has 0 bridgehead atoms. The van der Waals surface area contributed by atoms with Gasteiger partial charge in [-0.1, -0.05) is 6.07 Å². The number of carbonyl (C=O) groups excluding carboxylic acids is 1. The highest BCUT2D eigenvalue weighted by Crippen LogP contribution is 2.25. The summed E-state index contributed by atoms with van der Waals surface area (Å²) in [6, 6.07) is 5.23. The minimum atomic E-state index is -0.313. The summed E-state index contributed by atoms with van der Waals surface area (Å²) in [6.07, 6.45) is 3.00. The summed E-state index contributed by atoms with van der Waals surface area (Å²) >= 11 is 1.49. The normalized spacial score (nSPS) is 10.8. The summed E-state index contributed by atoms with van der Waals surface area (Å²) in [5.74, 6) is 0.142. The number of anilines is 1. The maximum absolute atomic E-state index is 12.5. The average molecular weight is 314 g/mol. The van der Waals surface area contributed by atoms with Crippen LogP contribution in [0.25, 0.3) is 10.2 Å². The van der Waals surface area contributed by atoms with Crippen LogP contribution in [0.3, 0.4) is 0 Å². The fourth-order valence-electron chi connectivity index (χ4n) is 2.16. The quantitative estimate of drug-likeness (QED) is 0.803. The summed E-state index contributed by atoms with van der Waals surface area (Å²) < 4.78 is 1.32. The van der Waals surface area contributed by atoms with Gasteiger partial charge in [-0.2, -0.15) is 0 Å². The zero-order chi connectivity index (χ0) is 15.7. The molecule has 3 aromatic rings. The number of aryl methyl sites for hydroxylation is 2. The van der Waals surface area contributed by atoms with Gasteiger partial charge in [0.2, 0.25) is 5.91 Å². The Bertz CT molecular complexity index is 899. The van der Waals surface area contributed by atoms with Crippen LogP contribution in [-0.2, 0) is 11.3 Å². The Balaban J connectivity index is 1.88. The number of pyridine rings is 1. The predicted octanol–water partition coefficient (Wildman–Crippen LogP) is 2.11. The molecule has 1 amide bonds. The van der Waals surface area contributed by atoms with E-state index in [0.717, 1.165) is 10.4 Å². The summed E-state index contributed by atoms with van der Waals surface area (Å²) in [4.78, 5) is 34.6. The van der Waals surface area contributed by atoms with Crippen LogP contribution >= 0.6 is 11.3 Å². The van der Waals surface area contributed by atoms with Crippen LogP contribution in [-0.4, -0.2) is 20.4 Å². The summed E-state index contributed by atoms with van der Waals surface area (Å²) in [7, 11) is 0. The van der Waals surface area contributed by atoms with Crippen LogP contribution < -0.4 is 10.9 Å². The topological polar surface area (TPSA) is 76.9 Å². The van der Waals surface area contributed by atoms with Crippen molar-refractivity contribution >= 4 is 33.3 Å². The first kappa shape index (κ1) is 14.4. The Labute approximate surface area is 130 Å². The van der Waals surface area contributed by atoms with Crippen molar-refractivity contribution in [1.29, 1.82) is 0 Å². The second-order valence-corrected chi connectivity index (χ2v) is 6.11. The van der Waals surface area contributed by atoms with Crippen molar-refractivity contribution < 1.29 is 4.79 Å². The first-order valence-electron chi connectivity index (χ1n) is 6.72. The van der Waals surface area contributed by atoms with Crippen LogP contribution in [0.4, 0.5) is 5.82 Å². The van der Waals surface area contributed by atoms with E-state index in [1.54, 1.807) is 24.4 Å². The van der Waals surface area contributed by atoms with E-state index in [1.807, 2.05) is 13.8 Å². The third-order valence-electron chi connectivity index (χ3n) is 3.40. The van der Waals surface area contributed by atoms with E-state index in [9.17, 15) is 9.59 Å². The number of aromatic nitrogens is 3. The number of thiophene rings is 1. The van der Waals surface area contributed by atoms with Crippen molar-refractivity contribution in [2.24, 2.45) is 0 Å². The summed E-state index contributed by atoms with van der Waals surface area (Å²) in [6.45, 7) is 3.77. The van der Waals surface area contributed by atoms with Gasteiger partial charge in [0.15, 0.2) is 0 Å². The minimum absolute atomic E-state index is 0.0906. The lowest BCUT2D eigenvalue weighted by Crippen LogP contribution is -2.28. The van der Waals surface area contributed by atoms with E-state index in [-0.39, 0.29) is 18.0 Å². The second-order valence-electron chi connectivity index (χ2n) is 4.90. The van der Waals surface area contributed by atoms with Crippen LogP contribution in [0, 0.1) is 13.8 Å². The highest BCUT2D eigenvalue weighted by Gasteiger charge is 2.13. The van der Waals surface area contributed by atoms with Gasteiger partial charge in [0, 0.05) is 11.1 Å². The maximum atomic E-state index is 12.5. The van der Waals surface area contributed by atoms with Crippen LogP contribution in [0.2, 0.25) is 0 Å². The van der Waals surface area contributed by atoms with E-state index in [0.29, 0.717) is 16.0 Å².